The fourth-order valence-corrected chi connectivity index (χ4v) is 1.98. The normalized spacial score (nSPS) is 9.95. The van der Waals surface area contributed by atoms with E-state index in [1.54, 1.807) is 0 Å². The molecule has 0 fully saturated rings. The van der Waals surface area contributed by atoms with Crippen molar-refractivity contribution in [1.82, 2.24) is 5.32 Å². The first-order valence-corrected chi connectivity index (χ1v) is 7.10. The van der Waals surface area contributed by atoms with Gasteiger partial charge in [0, 0.05) is 6.54 Å². The average molecular weight is 284 g/mol. The number of anilines is 1. The maximum Gasteiger partial charge on any atom is 0.319 e. The molecular weight excluding hydrogens is 264 g/mol. The van der Waals surface area contributed by atoms with Gasteiger partial charge in [-0.15, -0.1) is 0 Å². The number of hydrogen-bond donors (Lipinski definition) is 2. The highest BCUT2D eigenvalue weighted by molar-refractivity contribution is 5.90. The van der Waals surface area contributed by atoms with Gasteiger partial charge in [0.05, 0.1) is 12.3 Å². The average Bonchev–Trinajstić information content (AvgIpc) is 2.50. The van der Waals surface area contributed by atoms with Crippen LogP contribution in [0.2, 0.25) is 0 Å². The number of para-hydroxylation sites is 2. The largest absolute Gasteiger partial charge is 0.492 e. The van der Waals surface area contributed by atoms with Gasteiger partial charge in [-0.25, -0.2) is 4.79 Å². The van der Waals surface area contributed by atoms with Crippen molar-refractivity contribution in [3.63, 3.8) is 0 Å². The van der Waals surface area contributed by atoms with Gasteiger partial charge in [-0.3, -0.25) is 0 Å². The molecule has 4 heteroatoms. The van der Waals surface area contributed by atoms with Crippen LogP contribution in [0.5, 0.6) is 5.75 Å². The number of ether oxygens (including phenoxy) is 1. The molecule has 2 aromatic rings. The van der Waals surface area contributed by atoms with Crippen LogP contribution < -0.4 is 15.4 Å². The maximum atomic E-state index is 11.9. The summed E-state index contributed by atoms with van der Waals surface area (Å²) >= 11 is 0. The number of hydrogen-bond acceptors (Lipinski definition) is 2. The molecular formula is C17H20N2O2. The van der Waals surface area contributed by atoms with E-state index in [0.29, 0.717) is 24.6 Å². The van der Waals surface area contributed by atoms with Crippen LogP contribution in [0.25, 0.3) is 0 Å². The number of amides is 2. The molecule has 0 saturated carbocycles. The molecule has 2 aromatic carbocycles. The summed E-state index contributed by atoms with van der Waals surface area (Å²) in [5.41, 5.74) is 1.88. The van der Waals surface area contributed by atoms with Gasteiger partial charge in [-0.05, 0) is 31.0 Å². The van der Waals surface area contributed by atoms with Gasteiger partial charge in [0.2, 0.25) is 0 Å². The lowest BCUT2D eigenvalue weighted by molar-refractivity contribution is 0.252. The van der Waals surface area contributed by atoms with Crippen LogP contribution in [-0.4, -0.2) is 19.2 Å². The lowest BCUT2D eigenvalue weighted by Crippen LogP contribution is -2.30. The zero-order chi connectivity index (χ0) is 14.9. The Hall–Kier alpha value is -2.49. The third-order valence-corrected chi connectivity index (χ3v) is 2.98. The van der Waals surface area contributed by atoms with Crippen molar-refractivity contribution >= 4 is 11.7 Å². The number of urea groups is 1. The van der Waals surface area contributed by atoms with Crippen molar-refractivity contribution in [3.05, 3.63) is 60.2 Å². The molecule has 0 aliphatic rings. The Labute approximate surface area is 125 Å². The highest BCUT2D eigenvalue weighted by Gasteiger charge is 2.06. The molecule has 0 aromatic heterocycles. The lowest BCUT2D eigenvalue weighted by Gasteiger charge is -2.12. The Kier molecular flexibility index (Phi) is 5.64. The number of nitrogens with one attached hydrogen (secondary N) is 2. The SMILES string of the molecule is CCOc1ccccc1NC(=O)NCCc1ccccc1. The van der Waals surface area contributed by atoms with Gasteiger partial charge in [0.15, 0.2) is 0 Å². The Morgan fingerprint density at radius 3 is 2.52 bits per heavy atom. The standard InChI is InChI=1S/C17H20N2O2/c1-2-21-16-11-7-6-10-15(16)19-17(20)18-13-12-14-8-4-3-5-9-14/h3-11H,2,12-13H2,1H3,(H2,18,19,20). The second-order valence-electron chi connectivity index (χ2n) is 4.55. The van der Waals surface area contributed by atoms with E-state index in [4.69, 9.17) is 4.74 Å². The molecule has 2 N–H and O–H groups in total. The smallest absolute Gasteiger partial charge is 0.319 e. The molecule has 110 valence electrons. The highest BCUT2D eigenvalue weighted by Crippen LogP contribution is 2.23. The van der Waals surface area contributed by atoms with Gasteiger partial charge in [-0.1, -0.05) is 42.5 Å². The molecule has 0 aliphatic heterocycles. The van der Waals surface area contributed by atoms with Crippen molar-refractivity contribution in [2.45, 2.75) is 13.3 Å². The summed E-state index contributed by atoms with van der Waals surface area (Å²) in [5.74, 6) is 0.679. The third-order valence-electron chi connectivity index (χ3n) is 2.98. The Morgan fingerprint density at radius 2 is 1.76 bits per heavy atom. The molecule has 0 unspecified atom stereocenters. The van der Waals surface area contributed by atoms with Crippen molar-refractivity contribution < 1.29 is 9.53 Å². The van der Waals surface area contributed by atoms with E-state index in [-0.39, 0.29) is 6.03 Å². The van der Waals surface area contributed by atoms with Crippen LogP contribution >= 0.6 is 0 Å². The number of carbonyl (C=O) groups excluding carboxylic acids is 1. The van der Waals surface area contributed by atoms with Gasteiger partial charge in [0.1, 0.15) is 5.75 Å². The van der Waals surface area contributed by atoms with Gasteiger partial charge < -0.3 is 15.4 Å². The van der Waals surface area contributed by atoms with Crippen LogP contribution in [0.4, 0.5) is 10.5 Å². The molecule has 4 nitrogen and oxygen atoms in total. The minimum absolute atomic E-state index is 0.224. The van der Waals surface area contributed by atoms with Gasteiger partial charge in [-0.2, -0.15) is 0 Å². The van der Waals surface area contributed by atoms with Gasteiger partial charge in [0.25, 0.3) is 0 Å². The Morgan fingerprint density at radius 1 is 1.05 bits per heavy atom. The topological polar surface area (TPSA) is 50.4 Å². The summed E-state index contributed by atoms with van der Waals surface area (Å²) in [5, 5.41) is 5.65. The zero-order valence-electron chi connectivity index (χ0n) is 12.1. The predicted octanol–water partition coefficient (Wildman–Crippen LogP) is 3.45. The molecule has 0 atom stereocenters. The number of carbonyl (C=O) groups is 1. The summed E-state index contributed by atoms with van der Waals surface area (Å²) in [4.78, 5) is 11.9. The van der Waals surface area contributed by atoms with Crippen molar-refractivity contribution in [2.75, 3.05) is 18.5 Å². The van der Waals surface area contributed by atoms with Crippen LogP contribution in [0, 0.1) is 0 Å². The van der Waals surface area contributed by atoms with E-state index < -0.39 is 0 Å². The molecule has 21 heavy (non-hydrogen) atoms. The van der Waals surface area contributed by atoms with Crippen LogP contribution in [-0.2, 0) is 6.42 Å². The molecule has 0 saturated heterocycles. The van der Waals surface area contributed by atoms with Crippen molar-refractivity contribution in [2.24, 2.45) is 0 Å². The lowest BCUT2D eigenvalue weighted by atomic mass is 10.1. The van der Waals surface area contributed by atoms with E-state index in [0.717, 1.165) is 6.42 Å². The van der Waals surface area contributed by atoms with Crippen LogP contribution in [0.1, 0.15) is 12.5 Å². The molecule has 0 heterocycles. The monoisotopic (exact) mass is 284 g/mol. The Bertz CT molecular complexity index is 570. The molecule has 0 spiro atoms. The first kappa shape index (κ1) is 14.9. The first-order valence-electron chi connectivity index (χ1n) is 7.10. The summed E-state index contributed by atoms with van der Waals surface area (Å²) < 4.78 is 5.47. The van der Waals surface area contributed by atoms with E-state index in [1.165, 1.54) is 5.56 Å². The van der Waals surface area contributed by atoms with E-state index in [9.17, 15) is 4.79 Å². The minimum atomic E-state index is -0.224. The maximum absolute atomic E-state index is 11.9. The third kappa shape index (κ3) is 4.84. The quantitative estimate of drug-likeness (QED) is 0.853. The summed E-state index contributed by atoms with van der Waals surface area (Å²) in [6.07, 6.45) is 0.807. The second-order valence-corrected chi connectivity index (χ2v) is 4.55. The predicted molar refractivity (Wildman–Crippen MR) is 84.8 cm³/mol. The van der Waals surface area contributed by atoms with Crippen LogP contribution in [0.15, 0.2) is 54.6 Å². The van der Waals surface area contributed by atoms with Crippen molar-refractivity contribution in [1.29, 1.82) is 0 Å². The fraction of sp³-hybridized carbons (Fsp3) is 0.235. The van der Waals surface area contributed by atoms with Crippen molar-refractivity contribution in [3.8, 4) is 5.75 Å². The summed E-state index contributed by atoms with van der Waals surface area (Å²) in [6, 6.07) is 17.2. The molecule has 0 radical (unpaired) electrons. The summed E-state index contributed by atoms with van der Waals surface area (Å²) in [6.45, 7) is 3.07. The second kappa shape index (κ2) is 7.94. The summed E-state index contributed by atoms with van der Waals surface area (Å²) in [7, 11) is 0. The first-order chi connectivity index (χ1) is 10.3. The zero-order valence-corrected chi connectivity index (χ0v) is 12.1. The number of rotatable bonds is 6. The molecule has 2 rings (SSSR count). The van der Waals surface area contributed by atoms with Crippen LogP contribution in [0.3, 0.4) is 0 Å². The number of benzene rings is 2. The van der Waals surface area contributed by atoms with Gasteiger partial charge >= 0.3 is 6.03 Å². The van der Waals surface area contributed by atoms with E-state index in [2.05, 4.69) is 10.6 Å². The highest BCUT2D eigenvalue weighted by atomic mass is 16.5. The molecule has 0 aliphatic carbocycles. The van der Waals surface area contributed by atoms with E-state index >= 15 is 0 Å². The fourth-order valence-electron chi connectivity index (χ4n) is 1.98. The molecule has 0 bridgehead atoms. The van der Waals surface area contributed by atoms with E-state index in [1.807, 2.05) is 61.5 Å². The Balaban J connectivity index is 1.82. The molecule has 2 amide bonds. The minimum Gasteiger partial charge on any atom is -0.492 e.